The Labute approximate surface area is 123 Å². The summed E-state index contributed by atoms with van der Waals surface area (Å²) in [6.07, 6.45) is 0.986. The van der Waals surface area contributed by atoms with Gasteiger partial charge in [0.05, 0.1) is 6.54 Å². The van der Waals surface area contributed by atoms with E-state index in [9.17, 15) is 9.59 Å². The lowest BCUT2D eigenvalue weighted by molar-refractivity contribution is -0.689. The number of aromatic nitrogens is 2. The first-order valence-electron chi connectivity index (χ1n) is 7.15. The number of rotatable bonds is 2. The quantitative estimate of drug-likeness (QED) is 0.760. The second-order valence-corrected chi connectivity index (χ2v) is 5.60. The Kier molecular flexibility index (Phi) is 2.89. The summed E-state index contributed by atoms with van der Waals surface area (Å²) in [6.45, 7) is 6.99. The number of amidine groups is 1. The van der Waals surface area contributed by atoms with E-state index in [0.717, 1.165) is 35.2 Å². The second kappa shape index (κ2) is 4.41. The summed E-state index contributed by atoms with van der Waals surface area (Å²) < 4.78 is 4.06. The Balaban J connectivity index is 2.21. The number of nitrogens with zero attached hydrogens (tertiary/aromatic N) is 5. The normalized spacial score (nSPS) is 20.8. The van der Waals surface area contributed by atoms with Crippen LogP contribution in [0.1, 0.15) is 30.8 Å². The molecule has 0 spiro atoms. The van der Waals surface area contributed by atoms with Crippen LogP contribution in [0.3, 0.4) is 0 Å². The van der Waals surface area contributed by atoms with Crippen LogP contribution in [0.4, 0.5) is 10.7 Å². The molecule has 2 aliphatic rings. The van der Waals surface area contributed by atoms with Crippen molar-refractivity contribution in [2.24, 2.45) is 4.99 Å². The third kappa shape index (κ3) is 1.60. The van der Waals surface area contributed by atoms with Gasteiger partial charge >= 0.3 is 12.0 Å². The van der Waals surface area contributed by atoms with Gasteiger partial charge in [-0.2, -0.15) is 0 Å². The van der Waals surface area contributed by atoms with Gasteiger partial charge < -0.3 is 0 Å². The molecule has 3 amide bonds. The summed E-state index contributed by atoms with van der Waals surface area (Å²) in [5, 5.41) is 0. The Bertz CT molecular complexity index is 688. The van der Waals surface area contributed by atoms with Crippen molar-refractivity contribution in [1.82, 2.24) is 14.4 Å². The fourth-order valence-corrected chi connectivity index (χ4v) is 3.07. The molecule has 1 fully saturated rings. The number of aliphatic imine (C=N–C) groups is 1. The monoisotopic (exact) mass is 290 g/mol. The van der Waals surface area contributed by atoms with Crippen LogP contribution in [-0.4, -0.2) is 46.2 Å². The van der Waals surface area contributed by atoms with E-state index in [1.165, 1.54) is 11.9 Å². The van der Waals surface area contributed by atoms with Gasteiger partial charge in [0.25, 0.3) is 5.91 Å². The zero-order valence-electron chi connectivity index (χ0n) is 13.0. The lowest BCUT2D eigenvalue weighted by Gasteiger charge is -2.30. The zero-order chi connectivity index (χ0) is 15.5. The van der Waals surface area contributed by atoms with Gasteiger partial charge in [-0.05, 0) is 20.3 Å². The van der Waals surface area contributed by atoms with Crippen LogP contribution in [0.2, 0.25) is 0 Å². The van der Waals surface area contributed by atoms with Crippen molar-refractivity contribution >= 4 is 23.7 Å². The number of urea groups is 1. The molecule has 1 aromatic heterocycles. The number of hydrogen-bond donors (Lipinski definition) is 0. The zero-order valence-corrected chi connectivity index (χ0v) is 13.0. The predicted molar refractivity (Wildman–Crippen MR) is 76.5 cm³/mol. The molecule has 1 saturated heterocycles. The molecule has 3 heterocycles. The molecule has 2 aliphatic heterocycles. The third-order valence-electron chi connectivity index (χ3n) is 4.39. The summed E-state index contributed by atoms with van der Waals surface area (Å²) in [6, 6.07) is -0.860. The van der Waals surface area contributed by atoms with Gasteiger partial charge in [0.2, 0.25) is 11.9 Å². The highest BCUT2D eigenvalue weighted by Crippen LogP contribution is 2.34. The van der Waals surface area contributed by atoms with E-state index in [-0.39, 0.29) is 11.9 Å². The summed E-state index contributed by atoms with van der Waals surface area (Å²) in [4.78, 5) is 31.8. The van der Waals surface area contributed by atoms with Crippen molar-refractivity contribution in [2.75, 3.05) is 14.1 Å². The minimum Gasteiger partial charge on any atom is -0.270 e. The minimum absolute atomic E-state index is 0.225. The molecule has 7 heteroatoms. The molecule has 1 aromatic rings. The molecule has 1 unspecified atom stereocenters. The molecule has 0 aromatic carbocycles. The maximum atomic E-state index is 12.5. The van der Waals surface area contributed by atoms with Crippen LogP contribution >= 0.6 is 0 Å². The van der Waals surface area contributed by atoms with Crippen molar-refractivity contribution in [3.05, 3.63) is 11.4 Å². The number of fused-ring (bicyclic) bond motifs is 3. The molecule has 0 aliphatic carbocycles. The van der Waals surface area contributed by atoms with Gasteiger partial charge in [0, 0.05) is 14.1 Å². The van der Waals surface area contributed by atoms with Gasteiger partial charge in [-0.1, -0.05) is 11.9 Å². The van der Waals surface area contributed by atoms with Crippen molar-refractivity contribution in [3.63, 3.8) is 0 Å². The van der Waals surface area contributed by atoms with Gasteiger partial charge in [-0.15, -0.1) is 0 Å². The van der Waals surface area contributed by atoms with Crippen LogP contribution < -0.4 is 4.57 Å². The average Bonchev–Trinajstić information content (AvgIpc) is 2.95. The maximum absolute atomic E-state index is 12.5. The van der Waals surface area contributed by atoms with Gasteiger partial charge in [-0.3, -0.25) is 14.6 Å². The third-order valence-corrected chi connectivity index (χ3v) is 4.39. The van der Waals surface area contributed by atoms with E-state index in [0.29, 0.717) is 5.84 Å². The lowest BCUT2D eigenvalue weighted by Crippen LogP contribution is -2.56. The fraction of sp³-hybridized carbons (Fsp3) is 0.571. The van der Waals surface area contributed by atoms with E-state index >= 15 is 0 Å². The van der Waals surface area contributed by atoms with E-state index in [1.54, 1.807) is 7.05 Å². The molecule has 0 bridgehead atoms. The van der Waals surface area contributed by atoms with Crippen LogP contribution in [-0.2, 0) is 11.3 Å². The van der Waals surface area contributed by atoms with E-state index in [4.69, 9.17) is 0 Å². The SMILES string of the molecule is CCC[n+]1c(C)c(C)n2c1N=C1C2C(=O)N(C)C(=O)N1C. The van der Waals surface area contributed by atoms with Crippen LogP contribution in [0.5, 0.6) is 0 Å². The Hall–Kier alpha value is -2.18. The van der Waals surface area contributed by atoms with Crippen LogP contribution in [0.15, 0.2) is 4.99 Å². The minimum atomic E-state index is -0.524. The second-order valence-electron chi connectivity index (χ2n) is 5.60. The Morgan fingerprint density at radius 3 is 2.48 bits per heavy atom. The number of imidazole rings is 1. The smallest absolute Gasteiger partial charge is 0.270 e. The summed E-state index contributed by atoms with van der Waals surface area (Å²) >= 11 is 0. The molecular weight excluding hydrogens is 270 g/mol. The highest BCUT2D eigenvalue weighted by Gasteiger charge is 2.53. The van der Waals surface area contributed by atoms with E-state index in [2.05, 4.69) is 16.5 Å². The standard InChI is InChI=1S/C14H20N5O2/c1-6-7-18-8(2)9(3)19-10-11(15-13(18)19)16(4)14(21)17(5)12(10)20/h10H,6-7H2,1-5H3/q+1. The molecule has 112 valence electrons. The van der Waals surface area contributed by atoms with Gasteiger partial charge in [0.1, 0.15) is 11.4 Å². The molecule has 21 heavy (non-hydrogen) atoms. The highest BCUT2D eigenvalue weighted by atomic mass is 16.2. The van der Waals surface area contributed by atoms with E-state index < -0.39 is 6.04 Å². The first kappa shape index (κ1) is 13.8. The number of likely N-dealkylation sites (N-methyl/N-ethyl adjacent to an activating group) is 2. The van der Waals surface area contributed by atoms with Crippen molar-refractivity contribution in [1.29, 1.82) is 0 Å². The topological polar surface area (TPSA) is 61.8 Å². The number of hydrogen-bond acceptors (Lipinski definition) is 3. The Morgan fingerprint density at radius 1 is 1.19 bits per heavy atom. The van der Waals surface area contributed by atoms with Gasteiger partial charge in [0.15, 0.2) is 0 Å². The van der Waals surface area contributed by atoms with Crippen molar-refractivity contribution in [2.45, 2.75) is 39.8 Å². The molecule has 7 nitrogen and oxygen atoms in total. The summed E-state index contributed by atoms with van der Waals surface area (Å²) in [5.41, 5.74) is 2.14. The molecule has 0 radical (unpaired) electrons. The number of imide groups is 1. The largest absolute Gasteiger partial charge is 0.402 e. The molecule has 3 rings (SSSR count). The van der Waals surface area contributed by atoms with Crippen LogP contribution in [0, 0.1) is 13.8 Å². The van der Waals surface area contributed by atoms with Crippen LogP contribution in [0.25, 0.3) is 0 Å². The summed E-state index contributed by atoms with van der Waals surface area (Å²) in [5.74, 6) is 1.05. The first-order chi connectivity index (χ1) is 9.90. The molecular formula is C14H20N5O2+. The lowest BCUT2D eigenvalue weighted by atomic mass is 10.1. The number of carbonyl (C=O) groups excluding carboxylic acids is 2. The van der Waals surface area contributed by atoms with Crippen molar-refractivity contribution in [3.8, 4) is 0 Å². The van der Waals surface area contributed by atoms with Crippen molar-refractivity contribution < 1.29 is 14.2 Å². The Morgan fingerprint density at radius 2 is 1.86 bits per heavy atom. The predicted octanol–water partition coefficient (Wildman–Crippen LogP) is 0.911. The molecule has 1 atom stereocenters. The highest BCUT2D eigenvalue weighted by molar-refractivity contribution is 6.20. The van der Waals surface area contributed by atoms with Gasteiger partial charge in [-0.25, -0.2) is 13.9 Å². The number of amides is 3. The fourth-order valence-electron chi connectivity index (χ4n) is 3.07. The summed E-state index contributed by atoms with van der Waals surface area (Å²) in [7, 11) is 3.18. The molecule has 0 saturated carbocycles. The van der Waals surface area contributed by atoms with E-state index in [1.807, 2.05) is 18.4 Å². The maximum Gasteiger partial charge on any atom is 0.402 e. The molecule has 0 N–H and O–H groups in total. The first-order valence-corrected chi connectivity index (χ1v) is 7.15. The number of carbonyl (C=O) groups is 2. The average molecular weight is 290 g/mol.